The van der Waals surface area contributed by atoms with E-state index in [0.717, 1.165) is 0 Å². The lowest BCUT2D eigenvalue weighted by molar-refractivity contribution is -0.124. The Morgan fingerprint density at radius 1 is 1.88 bits per heavy atom. The van der Waals surface area contributed by atoms with Gasteiger partial charge in [-0.2, -0.15) is 0 Å². The monoisotopic (exact) mass is 114 g/mol. The van der Waals surface area contributed by atoms with Crippen LogP contribution in [-0.4, -0.2) is 12.5 Å². The van der Waals surface area contributed by atoms with Gasteiger partial charge in [0.1, 0.15) is 0 Å². The summed E-state index contributed by atoms with van der Waals surface area (Å²) in [6.07, 6.45) is 1.33. The Hall–Kier alpha value is -1.19. The van der Waals surface area contributed by atoms with Gasteiger partial charge in [0, 0.05) is 0 Å². The molecule has 1 aliphatic heterocycles. The van der Waals surface area contributed by atoms with Crippen molar-refractivity contribution in [2.75, 3.05) is 6.61 Å². The maximum absolute atomic E-state index is 10.3. The Kier molecular flexibility index (Phi) is 1.07. The van der Waals surface area contributed by atoms with Gasteiger partial charge in [0.15, 0.2) is 6.61 Å². The van der Waals surface area contributed by atoms with Crippen LogP contribution in [0.15, 0.2) is 12.1 Å². The number of amides is 1. The third kappa shape index (κ3) is 0.900. The summed E-state index contributed by atoms with van der Waals surface area (Å²) in [5, 5.41) is 2.38. The van der Waals surface area contributed by atoms with Crippen molar-refractivity contribution in [2.45, 2.75) is 0 Å². The van der Waals surface area contributed by atoms with Crippen LogP contribution in [0, 0.1) is 0 Å². The molecule has 0 saturated carbocycles. The van der Waals surface area contributed by atoms with E-state index in [1.54, 1.807) is 0 Å². The Bertz CT molecular complexity index is 141. The molecule has 0 aromatic heterocycles. The molecule has 0 spiro atoms. The van der Waals surface area contributed by atoms with Crippen LogP contribution in [-0.2, 0) is 9.53 Å². The minimum Gasteiger partial charge on any atom is -0.468 e. The molecule has 0 radical (unpaired) electrons. The van der Waals surface area contributed by atoms with Gasteiger partial charge in [0.2, 0.25) is 5.88 Å². The highest BCUT2D eigenvalue weighted by molar-refractivity contribution is 5.79. The van der Waals surface area contributed by atoms with E-state index in [-0.39, 0.29) is 18.4 Å². The van der Waals surface area contributed by atoms with Crippen molar-refractivity contribution >= 4 is 5.91 Å². The SMILES string of the molecule is NC1=CNC(=O)CO1. The molecule has 44 valence electrons. The first-order chi connectivity index (χ1) is 3.79. The maximum atomic E-state index is 10.3. The number of hydrogen-bond acceptors (Lipinski definition) is 3. The van der Waals surface area contributed by atoms with Crippen LogP contribution in [0.5, 0.6) is 0 Å². The summed E-state index contributed by atoms with van der Waals surface area (Å²) in [5.41, 5.74) is 5.12. The van der Waals surface area contributed by atoms with Gasteiger partial charge in [-0.1, -0.05) is 0 Å². The van der Waals surface area contributed by atoms with Gasteiger partial charge in [0.05, 0.1) is 6.20 Å². The summed E-state index contributed by atoms with van der Waals surface area (Å²) in [7, 11) is 0. The number of carbonyl (C=O) groups is 1. The van der Waals surface area contributed by atoms with Gasteiger partial charge in [-0.15, -0.1) is 0 Å². The highest BCUT2D eigenvalue weighted by Gasteiger charge is 2.05. The molecule has 4 heteroatoms. The number of hydrogen-bond donors (Lipinski definition) is 2. The molecule has 8 heavy (non-hydrogen) atoms. The minimum atomic E-state index is -0.167. The fourth-order valence-electron chi connectivity index (χ4n) is 0.384. The zero-order valence-corrected chi connectivity index (χ0v) is 4.18. The fourth-order valence-corrected chi connectivity index (χ4v) is 0.384. The van der Waals surface area contributed by atoms with Crippen LogP contribution >= 0.6 is 0 Å². The van der Waals surface area contributed by atoms with Crippen LogP contribution in [0.2, 0.25) is 0 Å². The molecule has 3 N–H and O–H groups in total. The molecular formula is C4H6N2O2. The molecule has 1 aliphatic rings. The number of carbonyl (C=O) groups excluding carboxylic acids is 1. The van der Waals surface area contributed by atoms with E-state index < -0.39 is 0 Å². The van der Waals surface area contributed by atoms with Crippen molar-refractivity contribution in [3.63, 3.8) is 0 Å². The van der Waals surface area contributed by atoms with Gasteiger partial charge >= 0.3 is 0 Å². The topological polar surface area (TPSA) is 64.3 Å². The van der Waals surface area contributed by atoms with Crippen molar-refractivity contribution in [1.29, 1.82) is 0 Å². The molecule has 0 fully saturated rings. The molecular weight excluding hydrogens is 108 g/mol. The number of nitrogens with one attached hydrogen (secondary N) is 1. The van der Waals surface area contributed by atoms with E-state index in [1.165, 1.54) is 6.20 Å². The van der Waals surface area contributed by atoms with Gasteiger partial charge in [0.25, 0.3) is 5.91 Å². The van der Waals surface area contributed by atoms with Gasteiger partial charge < -0.3 is 15.8 Å². The Morgan fingerprint density at radius 2 is 2.62 bits per heavy atom. The Balaban J connectivity index is 2.55. The lowest BCUT2D eigenvalue weighted by Gasteiger charge is -2.09. The van der Waals surface area contributed by atoms with Crippen LogP contribution < -0.4 is 11.1 Å². The normalized spacial score (nSPS) is 18.5. The minimum absolute atomic E-state index is 0.0301. The van der Waals surface area contributed by atoms with Crippen LogP contribution in [0.3, 0.4) is 0 Å². The lowest BCUT2D eigenvalue weighted by atomic mass is 10.6. The van der Waals surface area contributed by atoms with E-state index in [4.69, 9.17) is 5.73 Å². The third-order valence-electron chi connectivity index (χ3n) is 0.745. The first-order valence-corrected chi connectivity index (χ1v) is 2.17. The molecule has 0 atom stereocenters. The number of rotatable bonds is 0. The quantitative estimate of drug-likeness (QED) is 0.419. The average molecular weight is 114 g/mol. The first-order valence-electron chi connectivity index (χ1n) is 2.17. The second-order valence-corrected chi connectivity index (χ2v) is 1.40. The summed E-state index contributed by atoms with van der Waals surface area (Å²) >= 11 is 0. The zero-order valence-electron chi connectivity index (χ0n) is 4.18. The lowest BCUT2D eigenvalue weighted by Crippen LogP contribution is -2.29. The molecule has 1 amide bonds. The van der Waals surface area contributed by atoms with Crippen molar-refractivity contribution in [2.24, 2.45) is 5.73 Å². The highest BCUT2D eigenvalue weighted by atomic mass is 16.5. The van der Waals surface area contributed by atoms with E-state index >= 15 is 0 Å². The summed E-state index contributed by atoms with van der Waals surface area (Å²) in [5.74, 6) is 0.0869. The van der Waals surface area contributed by atoms with Gasteiger partial charge in [-0.25, -0.2) is 0 Å². The summed E-state index contributed by atoms with van der Waals surface area (Å²) < 4.78 is 4.62. The van der Waals surface area contributed by atoms with E-state index in [9.17, 15) is 4.79 Å². The largest absolute Gasteiger partial charge is 0.468 e. The summed E-state index contributed by atoms with van der Waals surface area (Å²) in [6, 6.07) is 0. The van der Waals surface area contributed by atoms with Gasteiger partial charge in [-0.05, 0) is 0 Å². The van der Waals surface area contributed by atoms with Crippen LogP contribution in [0.1, 0.15) is 0 Å². The predicted octanol–water partition coefficient (Wildman–Crippen LogP) is -1.11. The van der Waals surface area contributed by atoms with Crippen molar-refractivity contribution in [1.82, 2.24) is 5.32 Å². The van der Waals surface area contributed by atoms with E-state index in [0.29, 0.717) is 0 Å². The van der Waals surface area contributed by atoms with Crippen molar-refractivity contribution in [3.8, 4) is 0 Å². The molecule has 0 aliphatic carbocycles. The number of nitrogens with two attached hydrogens (primary N) is 1. The number of ether oxygens (including phenoxy) is 1. The van der Waals surface area contributed by atoms with Crippen molar-refractivity contribution in [3.05, 3.63) is 12.1 Å². The standard InChI is InChI=1S/C4H6N2O2/c5-3-1-6-4(7)2-8-3/h1H,2,5H2,(H,6,7). The van der Waals surface area contributed by atoms with Gasteiger partial charge in [-0.3, -0.25) is 4.79 Å². The molecule has 0 saturated heterocycles. The van der Waals surface area contributed by atoms with Crippen LogP contribution in [0.25, 0.3) is 0 Å². The Morgan fingerprint density at radius 3 is 3.00 bits per heavy atom. The fraction of sp³-hybridized carbons (Fsp3) is 0.250. The summed E-state index contributed by atoms with van der Waals surface area (Å²) in [4.78, 5) is 10.3. The predicted molar refractivity (Wildman–Crippen MR) is 26.4 cm³/mol. The molecule has 1 rings (SSSR count). The third-order valence-corrected chi connectivity index (χ3v) is 0.745. The second kappa shape index (κ2) is 1.73. The summed E-state index contributed by atoms with van der Waals surface area (Å²) in [6.45, 7) is 0.0301. The molecule has 0 unspecified atom stereocenters. The average Bonchev–Trinajstić information content (AvgIpc) is 1.77. The second-order valence-electron chi connectivity index (χ2n) is 1.40. The molecule has 0 aromatic rings. The van der Waals surface area contributed by atoms with Crippen LogP contribution in [0.4, 0.5) is 0 Å². The van der Waals surface area contributed by atoms with E-state index in [2.05, 4.69) is 10.1 Å². The van der Waals surface area contributed by atoms with Crippen molar-refractivity contribution < 1.29 is 9.53 Å². The Labute approximate surface area is 46.3 Å². The zero-order chi connectivity index (χ0) is 5.98. The highest BCUT2D eigenvalue weighted by Crippen LogP contribution is 1.89. The smallest absolute Gasteiger partial charge is 0.262 e. The molecule has 0 aromatic carbocycles. The molecule has 0 bridgehead atoms. The molecule has 1 heterocycles. The van der Waals surface area contributed by atoms with E-state index in [1.807, 2.05) is 0 Å². The molecule has 4 nitrogen and oxygen atoms in total. The first kappa shape index (κ1) is 4.96. The maximum Gasteiger partial charge on any atom is 0.262 e.